The maximum Gasteiger partial charge on any atom is 0.431 e. The van der Waals surface area contributed by atoms with Crippen LogP contribution in [-0.2, 0) is 12.5 Å². The lowest BCUT2D eigenvalue weighted by atomic mass is 9.98. The van der Waals surface area contributed by atoms with Gasteiger partial charge in [0.1, 0.15) is 40.4 Å². The van der Waals surface area contributed by atoms with Crippen molar-refractivity contribution in [2.45, 2.75) is 38.7 Å². The van der Waals surface area contributed by atoms with E-state index in [1.54, 1.807) is 6.07 Å². The average Bonchev–Trinajstić information content (AvgIpc) is 2.99. The van der Waals surface area contributed by atoms with Crippen LogP contribution in [0.4, 0.5) is 43.9 Å². The lowest BCUT2D eigenvalue weighted by Crippen LogP contribution is -2.24. The molecule has 1 nitrogen and oxygen atoms in total. The van der Waals surface area contributed by atoms with E-state index < -0.39 is 91.2 Å². The number of rotatable bonds is 10. The van der Waals surface area contributed by atoms with Crippen molar-refractivity contribution in [1.82, 2.24) is 0 Å². The standard InChI is InChI=1S/C36H23ClF10O/c1-2-3-4-5-18-6-8-23(26(38)10-18)20-11-25(37)34(30(42)13-20)36(46,47)48-22-16-28(40)33(29(41)17-22)19-7-9-24(27(39)12-19)21-14-31(43)35(45)32(44)15-21/h6-17H,2-5H2,1H3. The van der Waals surface area contributed by atoms with Gasteiger partial charge in [-0.15, -0.1) is 0 Å². The largest absolute Gasteiger partial charge is 0.431 e. The Morgan fingerprint density at radius 2 is 1.12 bits per heavy atom. The molecule has 0 spiro atoms. The number of hydrogen-bond donors (Lipinski definition) is 0. The van der Waals surface area contributed by atoms with Crippen molar-refractivity contribution in [1.29, 1.82) is 0 Å². The van der Waals surface area contributed by atoms with E-state index in [0.29, 0.717) is 48.4 Å². The van der Waals surface area contributed by atoms with Gasteiger partial charge in [0.25, 0.3) is 0 Å². The number of hydrogen-bond acceptors (Lipinski definition) is 1. The van der Waals surface area contributed by atoms with Crippen molar-refractivity contribution in [3.8, 4) is 39.1 Å². The molecule has 5 aromatic rings. The van der Waals surface area contributed by atoms with Crippen molar-refractivity contribution in [3.05, 3.63) is 135 Å². The predicted molar refractivity (Wildman–Crippen MR) is 162 cm³/mol. The molecule has 0 aliphatic heterocycles. The molecule has 0 radical (unpaired) electrons. The third-order valence-corrected chi connectivity index (χ3v) is 7.86. The summed E-state index contributed by atoms with van der Waals surface area (Å²) in [6, 6.07) is 10.1. The highest BCUT2D eigenvalue weighted by molar-refractivity contribution is 6.31. The molecule has 0 fully saturated rings. The van der Waals surface area contributed by atoms with E-state index in [1.807, 2.05) is 6.92 Å². The number of benzene rings is 5. The van der Waals surface area contributed by atoms with Crippen LogP contribution in [0.1, 0.15) is 37.3 Å². The second kappa shape index (κ2) is 13.9. The van der Waals surface area contributed by atoms with E-state index >= 15 is 22.0 Å². The number of halogens is 11. The Morgan fingerprint density at radius 1 is 0.583 bits per heavy atom. The summed E-state index contributed by atoms with van der Waals surface area (Å²) in [5.74, 6) is -12.5. The fourth-order valence-corrected chi connectivity index (χ4v) is 5.55. The number of alkyl halides is 2. The summed E-state index contributed by atoms with van der Waals surface area (Å²) in [4.78, 5) is 0. The minimum absolute atomic E-state index is 0.0907. The Labute approximate surface area is 273 Å². The van der Waals surface area contributed by atoms with E-state index in [9.17, 15) is 22.0 Å². The van der Waals surface area contributed by atoms with E-state index in [4.69, 9.17) is 11.6 Å². The van der Waals surface area contributed by atoms with Gasteiger partial charge in [0.2, 0.25) is 0 Å². The zero-order valence-electron chi connectivity index (χ0n) is 24.8. The van der Waals surface area contributed by atoms with Crippen molar-refractivity contribution in [2.24, 2.45) is 0 Å². The molecule has 0 unspecified atom stereocenters. The molecule has 0 amide bonds. The summed E-state index contributed by atoms with van der Waals surface area (Å²) < 4.78 is 150. The SMILES string of the molecule is CCCCCc1ccc(-c2cc(F)c(C(F)(F)Oc3cc(F)c(-c4ccc(-c5cc(F)c(F)c(F)c5)c(F)c4)c(F)c3)c(Cl)c2)c(F)c1. The predicted octanol–water partition coefficient (Wildman–Crippen LogP) is 12.3. The van der Waals surface area contributed by atoms with Crippen LogP contribution in [0.15, 0.2) is 72.8 Å². The quantitative estimate of drug-likeness (QED) is 0.0802. The Kier molecular flexibility index (Phi) is 10.1. The molecule has 0 heterocycles. The van der Waals surface area contributed by atoms with E-state index in [0.717, 1.165) is 37.5 Å². The Balaban J connectivity index is 1.40. The van der Waals surface area contributed by atoms with Crippen LogP contribution in [-0.4, -0.2) is 0 Å². The molecule has 250 valence electrons. The van der Waals surface area contributed by atoms with E-state index in [1.165, 1.54) is 12.1 Å². The van der Waals surface area contributed by atoms with Gasteiger partial charge in [-0.1, -0.05) is 55.6 Å². The molecule has 5 rings (SSSR count). The molecular formula is C36H23ClF10O. The monoisotopic (exact) mass is 696 g/mol. The van der Waals surface area contributed by atoms with Gasteiger partial charge in [0.05, 0.1) is 10.6 Å². The maximum atomic E-state index is 15.2. The Morgan fingerprint density at radius 3 is 1.69 bits per heavy atom. The molecule has 0 bridgehead atoms. The average molecular weight is 697 g/mol. The normalized spacial score (nSPS) is 11.7. The van der Waals surface area contributed by atoms with Crippen LogP contribution in [0.2, 0.25) is 5.02 Å². The molecule has 0 aliphatic rings. The van der Waals surface area contributed by atoms with Crippen LogP contribution in [0.25, 0.3) is 33.4 Å². The molecule has 0 N–H and O–H groups in total. The summed E-state index contributed by atoms with van der Waals surface area (Å²) in [5.41, 5.74) is -3.13. The van der Waals surface area contributed by atoms with Crippen molar-refractivity contribution < 1.29 is 48.6 Å². The van der Waals surface area contributed by atoms with E-state index in [2.05, 4.69) is 4.74 Å². The highest BCUT2D eigenvalue weighted by Crippen LogP contribution is 2.42. The van der Waals surface area contributed by atoms with Crippen molar-refractivity contribution in [2.75, 3.05) is 0 Å². The minimum Gasteiger partial charge on any atom is -0.429 e. The van der Waals surface area contributed by atoms with Gasteiger partial charge in [-0.2, -0.15) is 8.78 Å². The highest BCUT2D eigenvalue weighted by Gasteiger charge is 2.41. The van der Waals surface area contributed by atoms with Crippen LogP contribution in [0, 0.1) is 46.5 Å². The van der Waals surface area contributed by atoms with Crippen LogP contribution in [0.5, 0.6) is 5.75 Å². The molecule has 0 saturated heterocycles. The summed E-state index contributed by atoms with van der Waals surface area (Å²) in [6.45, 7) is 2.02. The smallest absolute Gasteiger partial charge is 0.429 e. The third-order valence-electron chi connectivity index (χ3n) is 7.56. The molecule has 0 aromatic heterocycles. The number of aryl methyl sites for hydroxylation is 1. The Bertz CT molecular complexity index is 1940. The first-order chi connectivity index (χ1) is 22.7. The third kappa shape index (κ3) is 7.16. The number of ether oxygens (including phenoxy) is 1. The zero-order chi connectivity index (χ0) is 34.9. The fourth-order valence-electron chi connectivity index (χ4n) is 5.23. The second-order valence-electron chi connectivity index (χ2n) is 10.9. The molecule has 5 aromatic carbocycles. The molecular weight excluding hydrogens is 674 g/mol. The zero-order valence-corrected chi connectivity index (χ0v) is 25.6. The highest BCUT2D eigenvalue weighted by atomic mass is 35.5. The first-order valence-corrected chi connectivity index (χ1v) is 14.9. The lowest BCUT2D eigenvalue weighted by molar-refractivity contribution is -0.187. The topological polar surface area (TPSA) is 9.23 Å². The summed E-state index contributed by atoms with van der Waals surface area (Å²) in [5, 5.41) is -0.851. The molecule has 12 heteroatoms. The Hall–Kier alpha value is -4.51. The van der Waals surface area contributed by atoms with Crippen LogP contribution >= 0.6 is 11.6 Å². The van der Waals surface area contributed by atoms with Gasteiger partial charge in [-0.05, 0) is 71.5 Å². The van der Waals surface area contributed by atoms with Gasteiger partial charge < -0.3 is 4.74 Å². The van der Waals surface area contributed by atoms with Crippen LogP contribution < -0.4 is 4.74 Å². The number of unbranched alkanes of at least 4 members (excludes halogenated alkanes) is 2. The van der Waals surface area contributed by atoms with Gasteiger partial charge in [-0.25, -0.2) is 35.1 Å². The van der Waals surface area contributed by atoms with Crippen LogP contribution in [0.3, 0.4) is 0 Å². The molecule has 0 saturated carbocycles. The molecule has 0 atom stereocenters. The summed E-state index contributed by atoms with van der Waals surface area (Å²) >= 11 is 6.00. The molecule has 0 aliphatic carbocycles. The van der Waals surface area contributed by atoms with Crippen molar-refractivity contribution in [3.63, 3.8) is 0 Å². The first-order valence-electron chi connectivity index (χ1n) is 14.5. The summed E-state index contributed by atoms with van der Waals surface area (Å²) in [7, 11) is 0. The first kappa shape index (κ1) is 34.8. The van der Waals surface area contributed by atoms with Gasteiger partial charge in [0, 0.05) is 23.3 Å². The van der Waals surface area contributed by atoms with Gasteiger partial charge in [-0.3, -0.25) is 0 Å². The van der Waals surface area contributed by atoms with Gasteiger partial charge >= 0.3 is 6.11 Å². The van der Waals surface area contributed by atoms with E-state index in [-0.39, 0.29) is 11.1 Å². The molecule has 48 heavy (non-hydrogen) atoms. The minimum atomic E-state index is -4.57. The van der Waals surface area contributed by atoms with Crippen molar-refractivity contribution >= 4 is 11.6 Å². The van der Waals surface area contributed by atoms with Gasteiger partial charge in [0.15, 0.2) is 17.5 Å². The summed E-state index contributed by atoms with van der Waals surface area (Å²) in [6.07, 6.45) is -1.19. The lowest BCUT2D eigenvalue weighted by Gasteiger charge is -2.21. The fraction of sp³-hybridized carbons (Fsp3) is 0.167. The second-order valence-corrected chi connectivity index (χ2v) is 11.3. The maximum absolute atomic E-state index is 15.2.